The molecule has 1 amide bonds. The highest BCUT2D eigenvalue weighted by molar-refractivity contribution is 5.91. The average Bonchev–Trinajstić information content (AvgIpc) is 3.21. The molecule has 0 spiro atoms. The van der Waals surface area contributed by atoms with Gasteiger partial charge in [0.2, 0.25) is 0 Å². The van der Waals surface area contributed by atoms with Gasteiger partial charge in [0.15, 0.2) is 5.76 Å². The number of nitrogens with zero attached hydrogens (tertiary/aromatic N) is 2. The Morgan fingerprint density at radius 1 is 1.03 bits per heavy atom. The number of amides is 1. The minimum Gasteiger partial charge on any atom is -0.496 e. The third-order valence-electron chi connectivity index (χ3n) is 4.32. The molecule has 0 aliphatic rings. The Morgan fingerprint density at radius 3 is 2.34 bits per heavy atom. The molecular weight excluding hydrogens is 374 g/mol. The molecular formula is C21H23N3O5. The van der Waals surface area contributed by atoms with Crippen LogP contribution in [0.25, 0.3) is 0 Å². The van der Waals surface area contributed by atoms with Crippen molar-refractivity contribution in [1.82, 2.24) is 15.3 Å². The summed E-state index contributed by atoms with van der Waals surface area (Å²) in [5, 5.41) is 2.77. The number of carbonyl (C=O) groups excluding carboxylic acids is 1. The lowest BCUT2D eigenvalue weighted by Crippen LogP contribution is -2.22. The standard InChI is InChI=1S/C21H23N3O5/c1-13-10-23-14(11-22-13)12-24-21(25)18-6-5-15(29-18)7-17-19(27-3)8-16(26-2)9-20(17)28-4/h5-6,8-11H,7,12H2,1-4H3,(H,24,25). The number of ether oxygens (including phenoxy) is 3. The lowest BCUT2D eigenvalue weighted by atomic mass is 10.1. The molecule has 0 radical (unpaired) electrons. The molecule has 0 unspecified atom stereocenters. The normalized spacial score (nSPS) is 10.5. The SMILES string of the molecule is COc1cc(OC)c(Cc2ccc(C(=O)NCc3cnc(C)cn3)o2)c(OC)c1. The molecule has 8 heteroatoms. The Kier molecular flexibility index (Phi) is 6.33. The topological polar surface area (TPSA) is 95.7 Å². The van der Waals surface area contributed by atoms with E-state index in [2.05, 4.69) is 15.3 Å². The van der Waals surface area contributed by atoms with Gasteiger partial charge < -0.3 is 23.9 Å². The molecule has 29 heavy (non-hydrogen) atoms. The van der Waals surface area contributed by atoms with E-state index in [1.807, 2.05) is 6.92 Å². The maximum atomic E-state index is 12.4. The Balaban J connectivity index is 1.71. The molecule has 1 aromatic carbocycles. The predicted octanol–water partition coefficient (Wildman–Crippen LogP) is 2.92. The summed E-state index contributed by atoms with van der Waals surface area (Å²) in [6, 6.07) is 6.94. The van der Waals surface area contributed by atoms with Gasteiger partial charge in [0.1, 0.15) is 23.0 Å². The van der Waals surface area contributed by atoms with Crippen LogP contribution in [0.5, 0.6) is 17.2 Å². The molecule has 0 atom stereocenters. The smallest absolute Gasteiger partial charge is 0.287 e. The lowest BCUT2D eigenvalue weighted by Gasteiger charge is -2.14. The Hall–Kier alpha value is -3.55. The fraction of sp³-hybridized carbons (Fsp3) is 0.286. The lowest BCUT2D eigenvalue weighted by molar-refractivity contribution is 0.0921. The van der Waals surface area contributed by atoms with Crippen LogP contribution in [0.3, 0.4) is 0 Å². The van der Waals surface area contributed by atoms with Gasteiger partial charge in [0.05, 0.1) is 45.5 Å². The Labute approximate surface area is 168 Å². The van der Waals surface area contributed by atoms with Gasteiger partial charge >= 0.3 is 0 Å². The van der Waals surface area contributed by atoms with E-state index in [0.717, 1.165) is 11.3 Å². The number of aromatic nitrogens is 2. The van der Waals surface area contributed by atoms with Crippen molar-refractivity contribution < 1.29 is 23.4 Å². The highest BCUT2D eigenvalue weighted by atomic mass is 16.5. The van der Waals surface area contributed by atoms with E-state index >= 15 is 0 Å². The number of hydrogen-bond donors (Lipinski definition) is 1. The minimum atomic E-state index is -0.327. The maximum absolute atomic E-state index is 12.4. The summed E-state index contributed by atoms with van der Waals surface area (Å²) < 4.78 is 21.9. The number of furan rings is 1. The highest BCUT2D eigenvalue weighted by Crippen LogP contribution is 2.35. The van der Waals surface area contributed by atoms with Crippen LogP contribution in [0.4, 0.5) is 0 Å². The molecule has 8 nitrogen and oxygen atoms in total. The van der Waals surface area contributed by atoms with Crippen molar-refractivity contribution in [3.05, 3.63) is 65.1 Å². The van der Waals surface area contributed by atoms with Gasteiger partial charge in [-0.25, -0.2) is 0 Å². The van der Waals surface area contributed by atoms with Crippen LogP contribution in [0.2, 0.25) is 0 Å². The third kappa shape index (κ3) is 4.84. The van der Waals surface area contributed by atoms with E-state index < -0.39 is 0 Å². The highest BCUT2D eigenvalue weighted by Gasteiger charge is 2.17. The van der Waals surface area contributed by atoms with Gasteiger partial charge in [-0.3, -0.25) is 14.8 Å². The second-order valence-corrected chi connectivity index (χ2v) is 6.29. The summed E-state index contributed by atoms with van der Waals surface area (Å²) in [4.78, 5) is 20.7. The molecule has 0 fully saturated rings. The number of benzene rings is 1. The first-order valence-electron chi connectivity index (χ1n) is 8.97. The quantitative estimate of drug-likeness (QED) is 0.624. The summed E-state index contributed by atoms with van der Waals surface area (Å²) >= 11 is 0. The van der Waals surface area contributed by atoms with Gasteiger partial charge in [0.25, 0.3) is 5.91 Å². The molecule has 1 N–H and O–H groups in total. The first-order chi connectivity index (χ1) is 14.0. The van der Waals surface area contributed by atoms with Gasteiger partial charge in [-0.15, -0.1) is 0 Å². The zero-order valence-corrected chi connectivity index (χ0v) is 16.8. The first-order valence-corrected chi connectivity index (χ1v) is 8.97. The van der Waals surface area contributed by atoms with Crippen molar-refractivity contribution in [3.8, 4) is 17.2 Å². The van der Waals surface area contributed by atoms with Gasteiger partial charge in [0, 0.05) is 30.3 Å². The van der Waals surface area contributed by atoms with Crippen LogP contribution >= 0.6 is 0 Å². The molecule has 2 heterocycles. The van der Waals surface area contributed by atoms with Crippen LogP contribution < -0.4 is 19.5 Å². The van der Waals surface area contributed by atoms with Crippen LogP contribution in [0.15, 0.2) is 41.1 Å². The largest absolute Gasteiger partial charge is 0.496 e. The van der Waals surface area contributed by atoms with Crippen molar-refractivity contribution in [3.63, 3.8) is 0 Å². The number of nitrogens with one attached hydrogen (secondary N) is 1. The number of aryl methyl sites for hydroxylation is 1. The van der Waals surface area contributed by atoms with Crippen LogP contribution in [-0.2, 0) is 13.0 Å². The number of carbonyl (C=O) groups is 1. The third-order valence-corrected chi connectivity index (χ3v) is 4.32. The summed E-state index contributed by atoms with van der Waals surface area (Å²) in [5.74, 6) is 2.34. The Morgan fingerprint density at radius 2 is 1.76 bits per heavy atom. The van der Waals surface area contributed by atoms with Crippen molar-refractivity contribution in [2.75, 3.05) is 21.3 Å². The zero-order valence-electron chi connectivity index (χ0n) is 16.8. The first kappa shape index (κ1) is 20.2. The van der Waals surface area contributed by atoms with E-state index in [9.17, 15) is 4.79 Å². The molecule has 3 aromatic rings. The van der Waals surface area contributed by atoms with Crippen LogP contribution in [-0.4, -0.2) is 37.2 Å². The summed E-state index contributed by atoms with van der Waals surface area (Å²) in [5.41, 5.74) is 2.29. The van der Waals surface area contributed by atoms with Crippen molar-refractivity contribution in [2.24, 2.45) is 0 Å². The average molecular weight is 397 g/mol. The summed E-state index contributed by atoms with van der Waals surface area (Å²) in [6.45, 7) is 2.12. The second kappa shape index (κ2) is 9.09. The van der Waals surface area contributed by atoms with Gasteiger partial charge in [-0.2, -0.15) is 0 Å². The minimum absolute atomic E-state index is 0.214. The fourth-order valence-corrected chi connectivity index (χ4v) is 2.79. The van der Waals surface area contributed by atoms with E-state index in [-0.39, 0.29) is 18.2 Å². The molecule has 0 saturated heterocycles. The molecule has 0 aliphatic carbocycles. The van der Waals surface area contributed by atoms with E-state index in [0.29, 0.717) is 35.1 Å². The van der Waals surface area contributed by atoms with Crippen molar-refractivity contribution in [1.29, 1.82) is 0 Å². The van der Waals surface area contributed by atoms with E-state index in [1.54, 1.807) is 58.0 Å². The predicted molar refractivity (Wildman–Crippen MR) is 106 cm³/mol. The Bertz CT molecular complexity index is 957. The number of rotatable bonds is 8. The maximum Gasteiger partial charge on any atom is 0.287 e. The second-order valence-electron chi connectivity index (χ2n) is 6.29. The number of hydrogen-bond acceptors (Lipinski definition) is 7. The van der Waals surface area contributed by atoms with Crippen LogP contribution in [0.1, 0.15) is 33.3 Å². The zero-order chi connectivity index (χ0) is 20.8. The monoisotopic (exact) mass is 397 g/mol. The fourth-order valence-electron chi connectivity index (χ4n) is 2.79. The van der Waals surface area contributed by atoms with E-state index in [4.69, 9.17) is 18.6 Å². The summed E-state index contributed by atoms with van der Waals surface area (Å²) in [7, 11) is 4.73. The molecule has 152 valence electrons. The van der Waals surface area contributed by atoms with Gasteiger partial charge in [-0.1, -0.05) is 0 Å². The molecule has 0 aliphatic heterocycles. The van der Waals surface area contributed by atoms with E-state index in [1.165, 1.54) is 0 Å². The molecule has 0 saturated carbocycles. The molecule has 2 aromatic heterocycles. The molecule has 0 bridgehead atoms. The molecule has 3 rings (SSSR count). The van der Waals surface area contributed by atoms with Crippen molar-refractivity contribution in [2.45, 2.75) is 19.9 Å². The van der Waals surface area contributed by atoms with Gasteiger partial charge in [-0.05, 0) is 19.1 Å². The summed E-state index contributed by atoms with van der Waals surface area (Å²) in [6.07, 6.45) is 3.68. The number of methoxy groups -OCH3 is 3. The van der Waals surface area contributed by atoms with Crippen molar-refractivity contribution >= 4 is 5.91 Å². The van der Waals surface area contributed by atoms with Crippen LogP contribution in [0, 0.1) is 6.92 Å².